The fraction of sp³-hybridized carbons (Fsp3) is 0.625. The topological polar surface area (TPSA) is 51.2 Å². The van der Waals surface area contributed by atoms with Gasteiger partial charge in [-0.3, -0.25) is 0 Å². The second-order valence-electron chi connectivity index (χ2n) is 7.24. The van der Waals surface area contributed by atoms with Crippen molar-refractivity contribution in [3.05, 3.63) is 29.8 Å². The minimum Gasteiger partial charge on any atom is -0.444 e. The van der Waals surface area contributed by atoms with Crippen molar-refractivity contribution in [1.82, 2.24) is 10.3 Å². The molecule has 2 fully saturated rings. The van der Waals surface area contributed by atoms with Crippen LogP contribution in [0.5, 0.6) is 0 Å². The van der Waals surface area contributed by atoms with E-state index in [-0.39, 0.29) is 0 Å². The van der Waals surface area contributed by atoms with E-state index in [0.717, 1.165) is 18.4 Å². The van der Waals surface area contributed by atoms with Gasteiger partial charge in [-0.1, -0.05) is 0 Å². The highest BCUT2D eigenvalue weighted by molar-refractivity contribution is 5.69. The molecule has 114 valence electrons. The minimum absolute atomic E-state index is 0.443. The quantitative estimate of drug-likeness (QED) is 0.850. The third-order valence-corrected chi connectivity index (χ3v) is 4.31. The van der Waals surface area contributed by atoms with Crippen LogP contribution < -0.4 is 5.32 Å². The average molecular weight is 292 g/mol. The van der Waals surface area contributed by atoms with Crippen LogP contribution in [0.3, 0.4) is 0 Å². The van der Waals surface area contributed by atoms with Gasteiger partial charge in [0, 0.05) is 6.20 Å². The zero-order chi connectivity index (χ0) is 15.3. The number of nitrogens with one attached hydrogen (secondary N) is 1. The first-order valence-corrected chi connectivity index (χ1v) is 7.41. The van der Waals surface area contributed by atoms with Crippen LogP contribution in [-0.2, 0) is 10.3 Å². The van der Waals surface area contributed by atoms with Gasteiger partial charge < -0.3 is 10.1 Å². The Hall–Kier alpha value is -1.65. The molecule has 2 saturated carbocycles. The smallest absolute Gasteiger partial charge is 0.408 e. The highest BCUT2D eigenvalue weighted by atomic mass is 19.1. The molecular weight excluding hydrogens is 271 g/mol. The molecule has 2 unspecified atom stereocenters. The Labute approximate surface area is 124 Å². The SMILES string of the molecule is CC(C)(C)OC(=O)NC1(c2ccnc(F)c2)CC2CC2C1. The third kappa shape index (κ3) is 3.01. The van der Waals surface area contributed by atoms with Gasteiger partial charge in [-0.15, -0.1) is 0 Å². The maximum atomic E-state index is 13.5. The molecule has 4 nitrogen and oxygen atoms in total. The molecule has 1 amide bonds. The number of carbonyl (C=O) groups is 1. The summed E-state index contributed by atoms with van der Waals surface area (Å²) in [4.78, 5) is 15.8. The summed E-state index contributed by atoms with van der Waals surface area (Å²) < 4.78 is 18.8. The minimum atomic E-state index is -0.545. The number of halogens is 1. The molecule has 0 saturated heterocycles. The van der Waals surface area contributed by atoms with E-state index in [2.05, 4.69) is 10.3 Å². The number of nitrogens with zero attached hydrogens (tertiary/aromatic N) is 1. The van der Waals surface area contributed by atoms with Crippen molar-refractivity contribution >= 4 is 6.09 Å². The fourth-order valence-corrected chi connectivity index (χ4v) is 3.40. The summed E-state index contributed by atoms with van der Waals surface area (Å²) >= 11 is 0. The van der Waals surface area contributed by atoms with Crippen molar-refractivity contribution in [3.63, 3.8) is 0 Å². The molecule has 2 atom stereocenters. The molecule has 1 aromatic rings. The van der Waals surface area contributed by atoms with Crippen molar-refractivity contribution in [2.75, 3.05) is 0 Å². The molecular formula is C16H21FN2O2. The van der Waals surface area contributed by atoms with Crippen LogP contribution in [0.15, 0.2) is 18.3 Å². The van der Waals surface area contributed by atoms with E-state index in [1.54, 1.807) is 6.07 Å². The number of amides is 1. The number of pyridine rings is 1. The number of rotatable bonds is 2. The summed E-state index contributed by atoms with van der Waals surface area (Å²) in [6.07, 6.45) is 3.92. The van der Waals surface area contributed by atoms with Gasteiger partial charge in [0.1, 0.15) is 5.60 Å². The first kappa shape index (κ1) is 14.3. The zero-order valence-corrected chi connectivity index (χ0v) is 12.6. The number of alkyl carbamates (subject to hydrolysis) is 1. The van der Waals surface area contributed by atoms with Gasteiger partial charge in [-0.05, 0) is 69.6 Å². The van der Waals surface area contributed by atoms with Crippen molar-refractivity contribution < 1.29 is 13.9 Å². The summed E-state index contributed by atoms with van der Waals surface area (Å²) in [7, 11) is 0. The number of carbonyl (C=O) groups excluding carboxylic acids is 1. The monoisotopic (exact) mass is 292 g/mol. The van der Waals surface area contributed by atoms with Crippen LogP contribution in [0.25, 0.3) is 0 Å². The van der Waals surface area contributed by atoms with Crippen LogP contribution in [0.2, 0.25) is 0 Å². The lowest BCUT2D eigenvalue weighted by Gasteiger charge is -2.33. The Morgan fingerprint density at radius 2 is 2.10 bits per heavy atom. The highest BCUT2D eigenvalue weighted by Crippen LogP contribution is 2.59. The van der Waals surface area contributed by atoms with E-state index in [1.807, 2.05) is 20.8 Å². The summed E-state index contributed by atoms with van der Waals surface area (Å²) in [6, 6.07) is 3.20. The van der Waals surface area contributed by atoms with Crippen LogP contribution >= 0.6 is 0 Å². The summed E-state index contributed by atoms with van der Waals surface area (Å²) in [5.41, 5.74) is -0.274. The standard InChI is InChI=1S/C16H21FN2O2/c1-15(2,3)21-14(20)19-16(8-10-6-11(10)9-16)12-4-5-18-13(17)7-12/h4-5,7,10-11H,6,8-9H2,1-3H3,(H,19,20). The molecule has 0 radical (unpaired) electrons. The van der Waals surface area contributed by atoms with Crippen molar-refractivity contribution in [1.29, 1.82) is 0 Å². The number of hydrogen-bond acceptors (Lipinski definition) is 3. The molecule has 5 heteroatoms. The zero-order valence-electron chi connectivity index (χ0n) is 12.6. The molecule has 0 spiro atoms. The number of ether oxygens (including phenoxy) is 1. The lowest BCUT2D eigenvalue weighted by Crippen LogP contribution is -2.47. The molecule has 2 aliphatic rings. The summed E-state index contributed by atoms with van der Waals surface area (Å²) in [5.74, 6) is 0.755. The Balaban J connectivity index is 1.83. The molecule has 0 aromatic carbocycles. The Morgan fingerprint density at radius 3 is 2.67 bits per heavy atom. The lowest BCUT2D eigenvalue weighted by atomic mass is 9.86. The first-order chi connectivity index (χ1) is 9.77. The highest BCUT2D eigenvalue weighted by Gasteiger charge is 2.55. The normalized spacial score (nSPS) is 30.7. The molecule has 21 heavy (non-hydrogen) atoms. The van der Waals surface area contributed by atoms with Gasteiger partial charge in [0.05, 0.1) is 5.54 Å². The van der Waals surface area contributed by atoms with Crippen LogP contribution in [-0.4, -0.2) is 16.7 Å². The van der Waals surface area contributed by atoms with Gasteiger partial charge in [0.15, 0.2) is 0 Å². The van der Waals surface area contributed by atoms with Crippen molar-refractivity contribution in [2.45, 2.75) is 51.2 Å². The van der Waals surface area contributed by atoms with E-state index >= 15 is 0 Å². The number of hydrogen-bond donors (Lipinski definition) is 1. The maximum Gasteiger partial charge on any atom is 0.408 e. The second-order valence-corrected chi connectivity index (χ2v) is 7.24. The number of fused-ring (bicyclic) bond motifs is 1. The largest absolute Gasteiger partial charge is 0.444 e. The van der Waals surface area contributed by atoms with Crippen LogP contribution in [0.4, 0.5) is 9.18 Å². The molecule has 0 bridgehead atoms. The van der Waals surface area contributed by atoms with Crippen LogP contribution in [0.1, 0.15) is 45.6 Å². The lowest BCUT2D eigenvalue weighted by molar-refractivity contribution is 0.0445. The molecule has 1 heterocycles. The van der Waals surface area contributed by atoms with Gasteiger partial charge in [-0.25, -0.2) is 9.78 Å². The summed E-state index contributed by atoms with van der Waals surface area (Å²) in [5, 5.41) is 3.00. The van der Waals surface area contributed by atoms with E-state index in [0.29, 0.717) is 11.8 Å². The van der Waals surface area contributed by atoms with E-state index in [4.69, 9.17) is 4.74 Å². The van der Waals surface area contributed by atoms with E-state index < -0.39 is 23.2 Å². The van der Waals surface area contributed by atoms with Crippen molar-refractivity contribution in [2.24, 2.45) is 11.8 Å². The molecule has 1 aromatic heterocycles. The van der Waals surface area contributed by atoms with E-state index in [9.17, 15) is 9.18 Å². The molecule has 2 aliphatic carbocycles. The maximum absolute atomic E-state index is 13.5. The van der Waals surface area contributed by atoms with Gasteiger partial charge in [0.2, 0.25) is 5.95 Å². The Morgan fingerprint density at radius 1 is 1.43 bits per heavy atom. The first-order valence-electron chi connectivity index (χ1n) is 7.41. The summed E-state index contributed by atoms with van der Waals surface area (Å²) in [6.45, 7) is 5.49. The van der Waals surface area contributed by atoms with E-state index in [1.165, 1.54) is 18.7 Å². The predicted octanol–water partition coefficient (Wildman–Crippen LogP) is 3.37. The predicted molar refractivity (Wildman–Crippen MR) is 76.1 cm³/mol. The second kappa shape index (κ2) is 4.68. The molecule has 3 rings (SSSR count). The number of aromatic nitrogens is 1. The third-order valence-electron chi connectivity index (χ3n) is 4.31. The van der Waals surface area contributed by atoms with Gasteiger partial charge in [0.25, 0.3) is 0 Å². The molecule has 1 N–H and O–H groups in total. The fourth-order valence-electron chi connectivity index (χ4n) is 3.40. The average Bonchev–Trinajstić information content (AvgIpc) is 2.95. The molecule has 0 aliphatic heterocycles. The van der Waals surface area contributed by atoms with Crippen LogP contribution in [0, 0.1) is 17.8 Å². The van der Waals surface area contributed by atoms with Gasteiger partial charge >= 0.3 is 6.09 Å². The van der Waals surface area contributed by atoms with Crippen molar-refractivity contribution in [3.8, 4) is 0 Å². The van der Waals surface area contributed by atoms with Gasteiger partial charge in [-0.2, -0.15) is 4.39 Å². The Bertz CT molecular complexity index is 558. The Kier molecular flexibility index (Phi) is 3.19.